The summed E-state index contributed by atoms with van der Waals surface area (Å²) in [4.78, 5) is 7.90. The average Bonchev–Trinajstić information content (AvgIpc) is 2.54. The van der Waals surface area contributed by atoms with Crippen molar-refractivity contribution in [2.75, 3.05) is 18.8 Å². The van der Waals surface area contributed by atoms with Crippen molar-refractivity contribution in [3.8, 4) is 11.9 Å². The first-order valence-electron chi connectivity index (χ1n) is 7.42. The molecule has 0 unspecified atom stereocenters. The van der Waals surface area contributed by atoms with Crippen LogP contribution in [0.2, 0.25) is 0 Å². The van der Waals surface area contributed by atoms with Crippen LogP contribution in [-0.2, 0) is 10.0 Å². The molecule has 0 aliphatic carbocycles. The summed E-state index contributed by atoms with van der Waals surface area (Å²) in [7, 11) is -3.23. The summed E-state index contributed by atoms with van der Waals surface area (Å²) in [6.45, 7) is 2.79. The third-order valence-electron chi connectivity index (χ3n) is 3.54. The molecule has 0 bridgehead atoms. The van der Waals surface area contributed by atoms with Gasteiger partial charge in [0.05, 0.1) is 12.3 Å². The van der Waals surface area contributed by atoms with E-state index in [1.165, 1.54) is 16.7 Å². The van der Waals surface area contributed by atoms with E-state index in [0.29, 0.717) is 19.5 Å². The van der Waals surface area contributed by atoms with Crippen molar-refractivity contribution < 1.29 is 13.2 Å². The molecule has 0 spiro atoms. The third kappa shape index (κ3) is 4.15. The predicted octanol–water partition coefficient (Wildman–Crippen LogP) is 1.32. The van der Waals surface area contributed by atoms with Crippen molar-refractivity contribution in [1.82, 2.24) is 14.3 Å². The highest BCUT2D eigenvalue weighted by atomic mass is 32.2. The molecule has 8 heteroatoms. The van der Waals surface area contributed by atoms with Crippen LogP contribution in [0.3, 0.4) is 0 Å². The lowest BCUT2D eigenvalue weighted by Crippen LogP contribution is -2.45. The summed E-state index contributed by atoms with van der Waals surface area (Å²) in [5.41, 5.74) is 0.119. The minimum atomic E-state index is -3.23. The van der Waals surface area contributed by atoms with Crippen LogP contribution in [0.25, 0.3) is 0 Å². The zero-order chi connectivity index (χ0) is 16.0. The second-order valence-electron chi connectivity index (χ2n) is 5.23. The quantitative estimate of drug-likeness (QED) is 0.783. The van der Waals surface area contributed by atoms with Crippen LogP contribution in [-0.4, -0.2) is 47.6 Å². The Morgan fingerprint density at radius 2 is 2.23 bits per heavy atom. The first-order chi connectivity index (χ1) is 10.6. The number of nitrogens with zero attached hydrogens (tertiary/aromatic N) is 4. The van der Waals surface area contributed by atoms with Crippen molar-refractivity contribution in [1.29, 1.82) is 5.26 Å². The molecule has 1 saturated heterocycles. The normalized spacial score (nSPS) is 19.5. The summed E-state index contributed by atoms with van der Waals surface area (Å²) in [6, 6.07) is 1.92. The lowest BCUT2D eigenvalue weighted by Gasteiger charge is -2.31. The van der Waals surface area contributed by atoms with Crippen LogP contribution in [0.15, 0.2) is 12.4 Å². The molecule has 7 nitrogen and oxygen atoms in total. The molecule has 0 aromatic carbocycles. The molecule has 0 radical (unpaired) electrons. The number of hydrogen-bond donors (Lipinski definition) is 0. The molecule has 0 saturated carbocycles. The van der Waals surface area contributed by atoms with E-state index in [2.05, 4.69) is 9.97 Å². The van der Waals surface area contributed by atoms with Crippen LogP contribution in [0.4, 0.5) is 0 Å². The number of piperidine rings is 1. The van der Waals surface area contributed by atoms with Gasteiger partial charge in [-0.25, -0.2) is 18.4 Å². The van der Waals surface area contributed by atoms with E-state index in [1.807, 2.05) is 13.0 Å². The molecule has 2 rings (SSSR count). The minimum absolute atomic E-state index is 0.119. The van der Waals surface area contributed by atoms with Crippen molar-refractivity contribution in [2.45, 2.75) is 38.7 Å². The number of unbranched alkanes of at least 4 members (excludes halogenated alkanes) is 1. The molecular formula is C14H20N4O3S. The molecule has 1 fully saturated rings. The fourth-order valence-electron chi connectivity index (χ4n) is 2.36. The highest BCUT2D eigenvalue weighted by molar-refractivity contribution is 7.89. The summed E-state index contributed by atoms with van der Waals surface area (Å²) >= 11 is 0. The van der Waals surface area contributed by atoms with Gasteiger partial charge in [0.2, 0.25) is 15.7 Å². The molecule has 0 N–H and O–H groups in total. The van der Waals surface area contributed by atoms with Gasteiger partial charge in [-0.1, -0.05) is 13.3 Å². The monoisotopic (exact) mass is 324 g/mol. The summed E-state index contributed by atoms with van der Waals surface area (Å²) in [5.74, 6) is 0.341. The lowest BCUT2D eigenvalue weighted by molar-refractivity contribution is 0.124. The predicted molar refractivity (Wildman–Crippen MR) is 80.7 cm³/mol. The van der Waals surface area contributed by atoms with Crippen LogP contribution in [0.5, 0.6) is 5.88 Å². The van der Waals surface area contributed by atoms with Crippen LogP contribution >= 0.6 is 0 Å². The standard InChI is InChI=1S/C14H20N4O3S/c1-2-3-9-22(19,20)18-8-4-5-12(11-18)21-14-13(10-15)16-6-7-17-14/h6-7,12H,2-5,8-9,11H2,1H3/t12-/m1/s1. The smallest absolute Gasteiger partial charge is 0.251 e. The Hall–Kier alpha value is -1.72. The van der Waals surface area contributed by atoms with Crippen molar-refractivity contribution >= 4 is 10.0 Å². The van der Waals surface area contributed by atoms with Gasteiger partial charge in [0.15, 0.2) is 0 Å². The number of hydrogen-bond acceptors (Lipinski definition) is 6. The Kier molecular flexibility index (Phi) is 5.69. The minimum Gasteiger partial charge on any atom is -0.471 e. The Morgan fingerprint density at radius 1 is 1.45 bits per heavy atom. The topological polar surface area (TPSA) is 96.2 Å². The number of aromatic nitrogens is 2. The molecule has 1 atom stereocenters. The molecule has 1 aliphatic rings. The Bertz CT molecular complexity index is 642. The Labute approximate surface area is 131 Å². The number of rotatable bonds is 6. The van der Waals surface area contributed by atoms with E-state index >= 15 is 0 Å². The SMILES string of the molecule is CCCCS(=O)(=O)N1CCC[C@@H](Oc2nccnc2C#N)C1. The van der Waals surface area contributed by atoms with E-state index in [-0.39, 0.29) is 23.4 Å². The molecule has 120 valence electrons. The van der Waals surface area contributed by atoms with Gasteiger partial charge in [-0.15, -0.1) is 0 Å². The van der Waals surface area contributed by atoms with Gasteiger partial charge in [-0.3, -0.25) is 0 Å². The molecule has 22 heavy (non-hydrogen) atoms. The highest BCUT2D eigenvalue weighted by Gasteiger charge is 2.30. The van der Waals surface area contributed by atoms with Gasteiger partial charge in [0, 0.05) is 18.9 Å². The lowest BCUT2D eigenvalue weighted by atomic mass is 10.1. The van der Waals surface area contributed by atoms with E-state index in [4.69, 9.17) is 10.00 Å². The van der Waals surface area contributed by atoms with Gasteiger partial charge < -0.3 is 4.74 Å². The van der Waals surface area contributed by atoms with Crippen LogP contribution in [0, 0.1) is 11.3 Å². The molecule has 1 aromatic heterocycles. The summed E-state index contributed by atoms with van der Waals surface area (Å²) in [5, 5.41) is 8.99. The maximum Gasteiger partial charge on any atom is 0.251 e. The maximum atomic E-state index is 12.3. The van der Waals surface area contributed by atoms with Gasteiger partial charge in [0.1, 0.15) is 12.2 Å². The van der Waals surface area contributed by atoms with Crippen molar-refractivity contribution in [3.05, 3.63) is 18.1 Å². The van der Waals surface area contributed by atoms with Gasteiger partial charge >= 0.3 is 0 Å². The Morgan fingerprint density at radius 3 is 2.95 bits per heavy atom. The molecule has 1 aromatic rings. The second-order valence-corrected chi connectivity index (χ2v) is 7.32. The summed E-state index contributed by atoms with van der Waals surface area (Å²) in [6.07, 6.45) is 5.56. The third-order valence-corrected chi connectivity index (χ3v) is 5.46. The number of sulfonamides is 1. The average molecular weight is 324 g/mol. The Balaban J connectivity index is 2.03. The molecular weight excluding hydrogens is 304 g/mol. The van der Waals surface area contributed by atoms with Crippen molar-refractivity contribution in [2.24, 2.45) is 0 Å². The van der Waals surface area contributed by atoms with Crippen molar-refractivity contribution in [3.63, 3.8) is 0 Å². The van der Waals surface area contributed by atoms with Gasteiger partial charge in [0.25, 0.3) is 5.88 Å². The molecule has 1 aliphatic heterocycles. The van der Waals surface area contributed by atoms with Crippen LogP contribution in [0.1, 0.15) is 38.3 Å². The fourth-order valence-corrected chi connectivity index (χ4v) is 4.07. The molecule has 2 heterocycles. The first kappa shape index (κ1) is 16.6. The first-order valence-corrected chi connectivity index (χ1v) is 9.03. The van der Waals surface area contributed by atoms with E-state index in [0.717, 1.165) is 19.3 Å². The fraction of sp³-hybridized carbons (Fsp3) is 0.643. The zero-order valence-electron chi connectivity index (χ0n) is 12.6. The van der Waals surface area contributed by atoms with E-state index < -0.39 is 10.0 Å². The summed E-state index contributed by atoms with van der Waals surface area (Å²) < 4.78 is 31.7. The van der Waals surface area contributed by atoms with E-state index in [9.17, 15) is 8.42 Å². The highest BCUT2D eigenvalue weighted by Crippen LogP contribution is 2.20. The van der Waals surface area contributed by atoms with Crippen LogP contribution < -0.4 is 4.74 Å². The second kappa shape index (κ2) is 7.51. The van der Waals surface area contributed by atoms with E-state index in [1.54, 1.807) is 0 Å². The molecule has 0 amide bonds. The largest absolute Gasteiger partial charge is 0.471 e. The van der Waals surface area contributed by atoms with Gasteiger partial charge in [-0.2, -0.15) is 9.57 Å². The van der Waals surface area contributed by atoms with Gasteiger partial charge in [-0.05, 0) is 19.3 Å². The maximum absolute atomic E-state index is 12.3. The number of ether oxygens (including phenoxy) is 1. The zero-order valence-corrected chi connectivity index (χ0v) is 13.4. The number of nitriles is 1.